The van der Waals surface area contributed by atoms with E-state index in [0.717, 1.165) is 19.4 Å². The van der Waals surface area contributed by atoms with Crippen molar-refractivity contribution in [1.82, 2.24) is 20.2 Å². The largest absolute Gasteiger partial charge is 0.349 e. The summed E-state index contributed by atoms with van der Waals surface area (Å²) in [5.74, 6) is 1.37. The maximum absolute atomic E-state index is 5.62. The van der Waals surface area contributed by atoms with Crippen molar-refractivity contribution in [3.05, 3.63) is 0 Å². The van der Waals surface area contributed by atoms with E-state index in [1.807, 2.05) is 0 Å². The molecule has 1 fully saturated rings. The van der Waals surface area contributed by atoms with Gasteiger partial charge in [0.2, 0.25) is 0 Å². The number of nitrogens with zero attached hydrogens (tertiary/aromatic N) is 4. The quantitative estimate of drug-likeness (QED) is 0.628. The van der Waals surface area contributed by atoms with Gasteiger partial charge in [0.15, 0.2) is 0 Å². The lowest BCUT2D eigenvalue weighted by atomic mass is 9.96. The third-order valence-electron chi connectivity index (χ3n) is 3.13. The van der Waals surface area contributed by atoms with Gasteiger partial charge in [-0.2, -0.15) is 4.80 Å². The Labute approximate surface area is 107 Å². The maximum atomic E-state index is 5.62. The van der Waals surface area contributed by atoms with Crippen LogP contribution in [-0.2, 0) is 6.54 Å². The zero-order chi connectivity index (χ0) is 11.9. The molecule has 1 aromatic rings. The van der Waals surface area contributed by atoms with Crippen LogP contribution in [0.2, 0.25) is 0 Å². The van der Waals surface area contributed by atoms with E-state index in [9.17, 15) is 0 Å². The number of nitrogens with one attached hydrogen (secondary N) is 1. The molecule has 0 spiro atoms. The molecule has 0 bridgehead atoms. The summed E-state index contributed by atoms with van der Waals surface area (Å²) in [5, 5.41) is 15.7. The van der Waals surface area contributed by atoms with Crippen molar-refractivity contribution >= 4 is 17.5 Å². The van der Waals surface area contributed by atoms with Crippen molar-refractivity contribution in [3.63, 3.8) is 0 Å². The molecule has 1 aromatic heterocycles. The highest BCUT2D eigenvalue weighted by atomic mass is 35.5. The SMILES string of the molecule is ClCCCCn1nnc(NC2CCCCC2)n1. The highest BCUT2D eigenvalue weighted by Crippen LogP contribution is 2.19. The molecule has 1 saturated carbocycles. The molecule has 96 valence electrons. The van der Waals surface area contributed by atoms with Gasteiger partial charge in [-0.1, -0.05) is 24.4 Å². The highest BCUT2D eigenvalue weighted by molar-refractivity contribution is 6.17. The minimum Gasteiger partial charge on any atom is -0.349 e. The van der Waals surface area contributed by atoms with Crippen molar-refractivity contribution < 1.29 is 0 Å². The molecule has 0 radical (unpaired) electrons. The lowest BCUT2D eigenvalue weighted by Crippen LogP contribution is -2.23. The average Bonchev–Trinajstić information content (AvgIpc) is 2.79. The first-order valence-corrected chi connectivity index (χ1v) is 7.02. The van der Waals surface area contributed by atoms with Crippen LogP contribution in [0.3, 0.4) is 0 Å². The summed E-state index contributed by atoms with van der Waals surface area (Å²) in [6.07, 6.45) is 8.42. The maximum Gasteiger partial charge on any atom is 0.263 e. The zero-order valence-corrected chi connectivity index (χ0v) is 10.9. The molecule has 5 nitrogen and oxygen atoms in total. The Morgan fingerprint density at radius 3 is 2.82 bits per heavy atom. The first-order chi connectivity index (χ1) is 8.38. The zero-order valence-electron chi connectivity index (χ0n) is 10.1. The van der Waals surface area contributed by atoms with E-state index in [1.54, 1.807) is 4.80 Å². The number of hydrogen-bond donors (Lipinski definition) is 1. The first kappa shape index (κ1) is 12.6. The number of alkyl halides is 1. The van der Waals surface area contributed by atoms with E-state index in [1.165, 1.54) is 32.1 Å². The van der Waals surface area contributed by atoms with Crippen LogP contribution in [0.25, 0.3) is 0 Å². The molecular weight excluding hydrogens is 238 g/mol. The highest BCUT2D eigenvalue weighted by Gasteiger charge is 2.14. The third kappa shape index (κ3) is 4.15. The Morgan fingerprint density at radius 1 is 1.24 bits per heavy atom. The van der Waals surface area contributed by atoms with Gasteiger partial charge in [0, 0.05) is 11.9 Å². The van der Waals surface area contributed by atoms with Gasteiger partial charge >= 0.3 is 0 Å². The number of unbranched alkanes of at least 4 members (excludes halogenated alkanes) is 1. The first-order valence-electron chi connectivity index (χ1n) is 6.49. The number of halogens is 1. The van der Waals surface area contributed by atoms with Crippen molar-refractivity contribution in [2.75, 3.05) is 11.2 Å². The van der Waals surface area contributed by atoms with E-state index in [0.29, 0.717) is 17.9 Å². The smallest absolute Gasteiger partial charge is 0.263 e. The molecule has 0 aliphatic heterocycles. The second-order valence-corrected chi connectivity index (χ2v) is 4.96. The minimum absolute atomic E-state index is 0.532. The number of aryl methyl sites for hydroxylation is 1. The molecule has 2 rings (SSSR count). The number of aromatic nitrogens is 4. The van der Waals surface area contributed by atoms with Crippen LogP contribution in [0.1, 0.15) is 44.9 Å². The summed E-state index contributed by atoms with van der Waals surface area (Å²) >= 11 is 5.62. The van der Waals surface area contributed by atoms with Crippen molar-refractivity contribution in [1.29, 1.82) is 0 Å². The Balaban J connectivity index is 1.76. The fraction of sp³-hybridized carbons (Fsp3) is 0.909. The minimum atomic E-state index is 0.532. The fourth-order valence-corrected chi connectivity index (χ4v) is 2.36. The molecule has 0 atom stereocenters. The molecule has 1 aliphatic carbocycles. The topological polar surface area (TPSA) is 55.6 Å². The Bertz CT molecular complexity index is 321. The van der Waals surface area contributed by atoms with Gasteiger partial charge < -0.3 is 5.32 Å². The molecule has 1 heterocycles. The number of anilines is 1. The Hall–Kier alpha value is -0.840. The normalized spacial score (nSPS) is 17.2. The van der Waals surface area contributed by atoms with E-state index >= 15 is 0 Å². The molecule has 0 amide bonds. The predicted octanol–water partition coefficient (Wildman–Crippen LogP) is 2.44. The van der Waals surface area contributed by atoms with Crippen LogP contribution >= 0.6 is 11.6 Å². The predicted molar refractivity (Wildman–Crippen MR) is 68.3 cm³/mol. The summed E-state index contributed by atoms with van der Waals surface area (Å²) in [7, 11) is 0. The van der Waals surface area contributed by atoms with Crippen LogP contribution in [0.4, 0.5) is 5.95 Å². The second kappa shape index (κ2) is 6.79. The summed E-state index contributed by atoms with van der Waals surface area (Å²) in [6, 6.07) is 0.532. The molecule has 0 aromatic carbocycles. The Morgan fingerprint density at radius 2 is 2.06 bits per heavy atom. The molecule has 1 N–H and O–H groups in total. The van der Waals surface area contributed by atoms with Crippen LogP contribution < -0.4 is 5.32 Å². The summed E-state index contributed by atoms with van der Waals surface area (Å²) in [6.45, 7) is 0.798. The second-order valence-electron chi connectivity index (χ2n) is 4.58. The molecule has 17 heavy (non-hydrogen) atoms. The molecule has 0 unspecified atom stereocenters. The van der Waals surface area contributed by atoms with E-state index < -0.39 is 0 Å². The standard InChI is InChI=1S/C11H20ClN5/c12-8-4-5-9-17-15-11(14-16-17)13-10-6-2-1-3-7-10/h10H,1-9H2,(H,13,15). The number of tetrazole rings is 1. The number of hydrogen-bond acceptors (Lipinski definition) is 4. The van der Waals surface area contributed by atoms with E-state index in [-0.39, 0.29) is 0 Å². The lowest BCUT2D eigenvalue weighted by Gasteiger charge is -2.21. The van der Waals surface area contributed by atoms with E-state index in [2.05, 4.69) is 20.7 Å². The summed E-state index contributed by atoms with van der Waals surface area (Å²) < 4.78 is 0. The summed E-state index contributed by atoms with van der Waals surface area (Å²) in [5.41, 5.74) is 0. The third-order valence-corrected chi connectivity index (χ3v) is 3.40. The monoisotopic (exact) mass is 257 g/mol. The van der Waals surface area contributed by atoms with Crippen molar-refractivity contribution in [3.8, 4) is 0 Å². The van der Waals surface area contributed by atoms with Crippen LogP contribution in [-0.4, -0.2) is 32.1 Å². The van der Waals surface area contributed by atoms with Gasteiger partial charge in [0.25, 0.3) is 5.95 Å². The number of rotatable bonds is 6. The molecule has 1 aliphatic rings. The van der Waals surface area contributed by atoms with Gasteiger partial charge in [-0.3, -0.25) is 0 Å². The van der Waals surface area contributed by atoms with Crippen LogP contribution in [0.5, 0.6) is 0 Å². The molecule has 0 saturated heterocycles. The van der Waals surface area contributed by atoms with Crippen molar-refractivity contribution in [2.24, 2.45) is 0 Å². The van der Waals surface area contributed by atoms with Crippen LogP contribution in [0.15, 0.2) is 0 Å². The van der Waals surface area contributed by atoms with Gasteiger partial charge in [-0.15, -0.1) is 16.7 Å². The summed E-state index contributed by atoms with van der Waals surface area (Å²) in [4.78, 5) is 1.65. The van der Waals surface area contributed by atoms with Gasteiger partial charge in [0.1, 0.15) is 0 Å². The molecule has 6 heteroatoms. The van der Waals surface area contributed by atoms with E-state index in [4.69, 9.17) is 11.6 Å². The van der Waals surface area contributed by atoms with Crippen LogP contribution in [0, 0.1) is 0 Å². The lowest BCUT2D eigenvalue weighted by molar-refractivity contribution is 0.460. The van der Waals surface area contributed by atoms with Gasteiger partial charge in [-0.05, 0) is 30.9 Å². The van der Waals surface area contributed by atoms with Gasteiger partial charge in [-0.25, -0.2) is 0 Å². The fourth-order valence-electron chi connectivity index (χ4n) is 2.17. The Kier molecular flexibility index (Phi) is 5.04. The average molecular weight is 258 g/mol. The molecular formula is C11H20ClN5. The van der Waals surface area contributed by atoms with Crippen molar-refractivity contribution in [2.45, 2.75) is 57.5 Å². The van der Waals surface area contributed by atoms with Gasteiger partial charge in [0.05, 0.1) is 6.54 Å².